The number of likely N-dealkylation sites (tertiary alicyclic amines) is 1. The van der Waals surface area contributed by atoms with Gasteiger partial charge in [-0.15, -0.1) is 0 Å². The SMILES string of the molecule is CCc1c(F)ccc2cc(OCOC)cc(-c3ncc4c(N5CCC[C@@](C)(O)C5)nc(OCC5(CN6CCC(C=O)CC6)CC5)nc4c3F)c12. The summed E-state index contributed by atoms with van der Waals surface area (Å²) in [5, 5.41) is 12.6. The average molecular weight is 690 g/mol. The van der Waals surface area contributed by atoms with E-state index >= 15 is 8.78 Å². The zero-order valence-corrected chi connectivity index (χ0v) is 29.0. The fourth-order valence-electron chi connectivity index (χ4n) is 7.61. The van der Waals surface area contributed by atoms with Gasteiger partial charge < -0.3 is 33.9 Å². The van der Waals surface area contributed by atoms with E-state index in [-0.39, 0.29) is 41.2 Å². The molecule has 10 nitrogen and oxygen atoms in total. The van der Waals surface area contributed by atoms with Crippen LogP contribution in [0.2, 0.25) is 0 Å². The number of benzene rings is 2. The van der Waals surface area contributed by atoms with Crippen molar-refractivity contribution in [1.29, 1.82) is 0 Å². The minimum absolute atomic E-state index is 0.00398. The largest absolute Gasteiger partial charge is 0.468 e. The Morgan fingerprint density at radius 1 is 1.08 bits per heavy atom. The van der Waals surface area contributed by atoms with Crippen molar-refractivity contribution >= 4 is 33.8 Å². The van der Waals surface area contributed by atoms with Crippen LogP contribution in [0.4, 0.5) is 14.6 Å². The summed E-state index contributed by atoms with van der Waals surface area (Å²) in [4.78, 5) is 29.7. The van der Waals surface area contributed by atoms with Gasteiger partial charge in [-0.2, -0.15) is 9.97 Å². The molecule has 4 heterocycles. The van der Waals surface area contributed by atoms with Crippen LogP contribution in [0.1, 0.15) is 57.9 Å². The zero-order chi connectivity index (χ0) is 35.0. The lowest BCUT2D eigenvalue weighted by atomic mass is 9.94. The number of anilines is 1. The lowest BCUT2D eigenvalue weighted by molar-refractivity contribution is -0.112. The molecule has 1 atom stereocenters. The first kappa shape index (κ1) is 34.4. The van der Waals surface area contributed by atoms with Gasteiger partial charge in [0.25, 0.3) is 0 Å². The molecule has 266 valence electrons. The average Bonchev–Trinajstić information content (AvgIpc) is 3.88. The molecule has 7 rings (SSSR count). The number of aldehydes is 1. The van der Waals surface area contributed by atoms with Gasteiger partial charge in [0, 0.05) is 49.8 Å². The van der Waals surface area contributed by atoms with E-state index in [1.165, 1.54) is 13.2 Å². The molecule has 1 aliphatic carbocycles. The van der Waals surface area contributed by atoms with Crippen molar-refractivity contribution in [1.82, 2.24) is 19.9 Å². The molecular weight excluding hydrogens is 644 g/mol. The third-order valence-electron chi connectivity index (χ3n) is 10.6. The Labute approximate surface area is 290 Å². The van der Waals surface area contributed by atoms with E-state index in [2.05, 4.69) is 14.9 Å². The number of fused-ring (bicyclic) bond motifs is 2. The van der Waals surface area contributed by atoms with Crippen molar-refractivity contribution < 1.29 is 32.9 Å². The Morgan fingerprint density at radius 3 is 2.58 bits per heavy atom. The van der Waals surface area contributed by atoms with Crippen molar-refractivity contribution in [3.05, 3.63) is 47.7 Å². The number of nitrogens with zero attached hydrogens (tertiary/aromatic N) is 5. The smallest absolute Gasteiger partial charge is 0.319 e. The Hall–Kier alpha value is -4.00. The number of methoxy groups -OCH3 is 1. The molecule has 2 aromatic heterocycles. The maximum absolute atomic E-state index is 17.1. The standard InChI is InChI=1S/C38H45F2N5O5/c1-4-27-30(39)7-6-25-16-26(50-23-48-3)17-28(31(25)27)33-32(40)34-29(18-41-33)35(45-13-5-10-37(2,47)20-45)43-36(42-34)49-22-38(11-12-38)21-44-14-8-24(19-46)9-15-44/h6-7,16-19,24,47H,4-5,8-15,20-23H2,1-3H3/t37-/m1/s1. The Balaban J connectivity index is 1.30. The molecule has 2 aliphatic heterocycles. The number of aryl methyl sites for hydroxylation is 1. The van der Waals surface area contributed by atoms with Gasteiger partial charge in [0.1, 0.15) is 34.9 Å². The highest BCUT2D eigenvalue weighted by atomic mass is 19.1. The summed E-state index contributed by atoms with van der Waals surface area (Å²) in [5.41, 5.74) is -0.129. The minimum atomic E-state index is -0.944. The molecule has 1 N–H and O–H groups in total. The first-order valence-electron chi connectivity index (χ1n) is 17.6. The molecule has 2 saturated heterocycles. The fraction of sp³-hybridized carbons (Fsp3) is 0.526. The number of hydrogen-bond acceptors (Lipinski definition) is 10. The van der Waals surface area contributed by atoms with E-state index in [4.69, 9.17) is 19.2 Å². The maximum atomic E-state index is 17.1. The van der Waals surface area contributed by atoms with Gasteiger partial charge >= 0.3 is 6.01 Å². The summed E-state index contributed by atoms with van der Waals surface area (Å²) in [6.45, 7) is 7.57. The number of β-amino-alcohol motifs (C(OH)–C–C–N with tert-alkyl or cyclic N) is 1. The van der Waals surface area contributed by atoms with Crippen molar-refractivity contribution in [2.24, 2.45) is 11.3 Å². The second-order valence-corrected chi connectivity index (χ2v) is 14.6. The zero-order valence-electron chi connectivity index (χ0n) is 29.0. The number of carbonyl (C=O) groups excluding carboxylic acids is 1. The summed E-state index contributed by atoms with van der Waals surface area (Å²) >= 11 is 0. The highest BCUT2D eigenvalue weighted by Crippen LogP contribution is 2.47. The van der Waals surface area contributed by atoms with Gasteiger partial charge in [0.15, 0.2) is 12.6 Å². The number of piperidine rings is 2. The van der Waals surface area contributed by atoms with E-state index in [0.717, 1.165) is 58.0 Å². The van der Waals surface area contributed by atoms with Gasteiger partial charge in [-0.05, 0) is 99.5 Å². The summed E-state index contributed by atoms with van der Waals surface area (Å²) in [6.07, 6.45) is 8.14. The first-order valence-corrected chi connectivity index (χ1v) is 17.6. The summed E-state index contributed by atoms with van der Waals surface area (Å²) < 4.78 is 49.4. The summed E-state index contributed by atoms with van der Waals surface area (Å²) in [6, 6.07) is 6.56. The number of carbonyl (C=O) groups is 1. The Morgan fingerprint density at radius 2 is 1.88 bits per heavy atom. The highest BCUT2D eigenvalue weighted by molar-refractivity contribution is 6.01. The van der Waals surface area contributed by atoms with Gasteiger partial charge in [0.2, 0.25) is 0 Å². The topological polar surface area (TPSA) is 110 Å². The quantitative estimate of drug-likeness (QED) is 0.139. The van der Waals surface area contributed by atoms with E-state index < -0.39 is 11.4 Å². The van der Waals surface area contributed by atoms with Crippen molar-refractivity contribution in [2.75, 3.05) is 58.1 Å². The normalized spacial score (nSPS) is 21.1. The predicted octanol–water partition coefficient (Wildman–Crippen LogP) is 6.09. The molecular formula is C38H45F2N5O5. The molecule has 1 saturated carbocycles. The number of ether oxygens (including phenoxy) is 3. The van der Waals surface area contributed by atoms with E-state index in [1.807, 2.05) is 11.8 Å². The van der Waals surface area contributed by atoms with Gasteiger partial charge in [-0.25, -0.2) is 8.78 Å². The summed E-state index contributed by atoms with van der Waals surface area (Å²) in [7, 11) is 1.51. The lowest BCUT2D eigenvalue weighted by Gasteiger charge is -2.38. The molecule has 12 heteroatoms. The van der Waals surface area contributed by atoms with Crippen LogP contribution in [0.3, 0.4) is 0 Å². The van der Waals surface area contributed by atoms with Crippen LogP contribution in [0, 0.1) is 23.0 Å². The molecule has 2 aromatic carbocycles. The number of halogens is 2. The third-order valence-corrected chi connectivity index (χ3v) is 10.6. The summed E-state index contributed by atoms with van der Waals surface area (Å²) in [5.74, 6) is -0.0516. The van der Waals surface area contributed by atoms with E-state index in [1.54, 1.807) is 31.3 Å². The van der Waals surface area contributed by atoms with Gasteiger partial charge in [0.05, 0.1) is 17.6 Å². The molecule has 0 bridgehead atoms. The predicted molar refractivity (Wildman–Crippen MR) is 187 cm³/mol. The Bertz CT molecular complexity index is 1890. The molecule has 0 spiro atoms. The van der Waals surface area contributed by atoms with Crippen LogP contribution in [0.25, 0.3) is 32.9 Å². The van der Waals surface area contributed by atoms with E-state index in [9.17, 15) is 9.90 Å². The third kappa shape index (κ3) is 6.97. The second kappa shape index (κ2) is 14.0. The number of aliphatic hydroxyl groups is 1. The molecule has 0 unspecified atom stereocenters. The van der Waals surface area contributed by atoms with Crippen molar-refractivity contribution in [3.8, 4) is 23.0 Å². The fourth-order valence-corrected chi connectivity index (χ4v) is 7.61. The van der Waals surface area contributed by atoms with Crippen LogP contribution in [0.5, 0.6) is 11.8 Å². The molecule has 0 amide bonds. The van der Waals surface area contributed by atoms with Gasteiger partial charge in [-0.3, -0.25) is 4.98 Å². The number of hydrogen-bond donors (Lipinski definition) is 1. The number of pyridine rings is 1. The van der Waals surface area contributed by atoms with Crippen LogP contribution >= 0.6 is 0 Å². The van der Waals surface area contributed by atoms with E-state index in [0.29, 0.717) is 71.4 Å². The number of aromatic nitrogens is 3. The van der Waals surface area contributed by atoms with Crippen molar-refractivity contribution in [3.63, 3.8) is 0 Å². The van der Waals surface area contributed by atoms with Crippen molar-refractivity contribution in [2.45, 2.75) is 64.4 Å². The molecule has 50 heavy (non-hydrogen) atoms. The minimum Gasteiger partial charge on any atom is -0.468 e. The lowest BCUT2D eigenvalue weighted by Crippen LogP contribution is -2.46. The monoisotopic (exact) mass is 689 g/mol. The number of rotatable bonds is 12. The molecule has 3 fully saturated rings. The van der Waals surface area contributed by atoms with Gasteiger partial charge in [-0.1, -0.05) is 13.0 Å². The van der Waals surface area contributed by atoms with Crippen LogP contribution in [-0.4, -0.2) is 90.1 Å². The van der Waals surface area contributed by atoms with Crippen LogP contribution in [0.15, 0.2) is 30.5 Å². The second-order valence-electron chi connectivity index (χ2n) is 14.6. The molecule has 0 radical (unpaired) electrons. The first-order chi connectivity index (χ1) is 24.1. The molecule has 3 aliphatic rings. The van der Waals surface area contributed by atoms with Crippen LogP contribution in [-0.2, 0) is 16.0 Å². The Kier molecular flexibility index (Phi) is 9.62. The molecule has 4 aromatic rings. The van der Waals surface area contributed by atoms with Crippen LogP contribution < -0.4 is 14.4 Å². The maximum Gasteiger partial charge on any atom is 0.319 e. The highest BCUT2D eigenvalue weighted by Gasteiger charge is 2.45.